The quantitative estimate of drug-likeness (QED) is 0.178. The number of anilines is 3. The number of furan rings is 1. The molecule has 51 heavy (non-hydrogen) atoms. The number of fused-ring (bicyclic) bond motifs is 6. The number of hydrogen-bond acceptors (Lipinski definition) is 5. The average Bonchev–Trinajstić information content (AvgIpc) is 3.76. The van der Waals surface area contributed by atoms with Gasteiger partial charge in [-0.2, -0.15) is 9.97 Å². The highest BCUT2D eigenvalue weighted by molar-refractivity contribution is 6.16. The predicted molar refractivity (Wildman–Crippen MR) is 207 cm³/mol. The summed E-state index contributed by atoms with van der Waals surface area (Å²) in [6.45, 7) is 0. The summed E-state index contributed by atoms with van der Waals surface area (Å²) in [6, 6.07) is 60.1. The van der Waals surface area contributed by atoms with Crippen LogP contribution in [0.4, 0.5) is 17.3 Å². The third kappa shape index (κ3) is 4.76. The molecule has 0 atom stereocenters. The van der Waals surface area contributed by atoms with Crippen LogP contribution in [-0.2, 0) is 0 Å². The lowest BCUT2D eigenvalue weighted by Crippen LogP contribution is -2.15. The lowest BCUT2D eigenvalue weighted by atomic mass is 10.1. The molecule has 0 unspecified atom stereocenters. The van der Waals surface area contributed by atoms with Crippen LogP contribution < -0.4 is 4.90 Å². The molecule has 0 aliphatic heterocycles. The van der Waals surface area contributed by atoms with Gasteiger partial charge in [-0.05, 0) is 54.6 Å². The minimum atomic E-state index is 0.506. The molecule has 0 spiro atoms. The lowest BCUT2D eigenvalue weighted by Gasteiger charge is -2.24. The van der Waals surface area contributed by atoms with Crippen LogP contribution in [0.15, 0.2) is 180 Å². The third-order valence-corrected chi connectivity index (χ3v) is 9.44. The van der Waals surface area contributed by atoms with E-state index in [1.165, 1.54) is 0 Å². The molecule has 0 bridgehead atoms. The van der Waals surface area contributed by atoms with Gasteiger partial charge in [-0.3, -0.25) is 4.90 Å². The maximum atomic E-state index is 6.35. The van der Waals surface area contributed by atoms with Gasteiger partial charge in [0.25, 0.3) is 0 Å². The summed E-state index contributed by atoms with van der Waals surface area (Å²) in [7, 11) is 0. The Kier molecular flexibility index (Phi) is 6.70. The fourth-order valence-electron chi connectivity index (χ4n) is 7.24. The topological polar surface area (TPSA) is 60.0 Å². The van der Waals surface area contributed by atoms with E-state index in [9.17, 15) is 0 Å². The van der Waals surface area contributed by atoms with Crippen molar-refractivity contribution < 1.29 is 4.42 Å². The first kappa shape index (κ1) is 28.9. The molecule has 3 heterocycles. The Balaban J connectivity index is 1.29. The van der Waals surface area contributed by atoms with Gasteiger partial charge in [-0.25, -0.2) is 4.98 Å². The molecule has 240 valence electrons. The van der Waals surface area contributed by atoms with Gasteiger partial charge in [0.15, 0.2) is 11.6 Å². The van der Waals surface area contributed by atoms with E-state index in [4.69, 9.17) is 19.4 Å². The van der Waals surface area contributed by atoms with Crippen molar-refractivity contribution in [2.45, 2.75) is 0 Å². The molecule has 10 aromatic rings. The Labute approximate surface area is 293 Å². The summed E-state index contributed by atoms with van der Waals surface area (Å²) in [5.74, 6) is 1.68. The van der Waals surface area contributed by atoms with E-state index in [0.717, 1.165) is 71.9 Å². The van der Waals surface area contributed by atoms with Crippen molar-refractivity contribution in [3.63, 3.8) is 0 Å². The van der Waals surface area contributed by atoms with Gasteiger partial charge in [-0.1, -0.05) is 121 Å². The first-order chi connectivity index (χ1) is 25.3. The molecule has 3 aromatic heterocycles. The van der Waals surface area contributed by atoms with Gasteiger partial charge in [0.1, 0.15) is 11.2 Å². The van der Waals surface area contributed by atoms with E-state index in [-0.39, 0.29) is 0 Å². The average molecular weight is 656 g/mol. The van der Waals surface area contributed by atoms with Crippen LogP contribution in [0.5, 0.6) is 0 Å². The van der Waals surface area contributed by atoms with Crippen LogP contribution in [0.3, 0.4) is 0 Å². The van der Waals surface area contributed by atoms with Crippen molar-refractivity contribution in [2.24, 2.45) is 0 Å². The zero-order valence-electron chi connectivity index (χ0n) is 27.4. The second-order valence-electron chi connectivity index (χ2n) is 12.5. The number of rotatable bonds is 6. The smallest absolute Gasteiger partial charge is 0.238 e. The van der Waals surface area contributed by atoms with Gasteiger partial charge in [0.05, 0.1) is 22.1 Å². The second-order valence-corrected chi connectivity index (χ2v) is 12.5. The van der Waals surface area contributed by atoms with Crippen molar-refractivity contribution in [2.75, 3.05) is 4.90 Å². The van der Waals surface area contributed by atoms with Crippen LogP contribution in [0.25, 0.3) is 72.2 Å². The lowest BCUT2D eigenvalue weighted by molar-refractivity contribution is 0.669. The minimum absolute atomic E-state index is 0.506. The van der Waals surface area contributed by atoms with E-state index < -0.39 is 0 Å². The van der Waals surface area contributed by atoms with Crippen LogP contribution in [0.1, 0.15) is 0 Å². The molecule has 0 amide bonds. The summed E-state index contributed by atoms with van der Waals surface area (Å²) >= 11 is 0. The van der Waals surface area contributed by atoms with Crippen LogP contribution in [-0.4, -0.2) is 19.5 Å². The number of para-hydroxylation sites is 4. The van der Waals surface area contributed by atoms with Crippen LogP contribution in [0, 0.1) is 0 Å². The summed E-state index contributed by atoms with van der Waals surface area (Å²) in [6.07, 6.45) is 0. The van der Waals surface area contributed by atoms with E-state index in [1.807, 2.05) is 84.9 Å². The van der Waals surface area contributed by atoms with Gasteiger partial charge < -0.3 is 8.98 Å². The molecular formula is C45H29N5O. The van der Waals surface area contributed by atoms with Crippen molar-refractivity contribution in [1.82, 2.24) is 19.5 Å². The monoisotopic (exact) mass is 655 g/mol. The first-order valence-electron chi connectivity index (χ1n) is 17.0. The highest BCUT2D eigenvalue weighted by Gasteiger charge is 2.24. The molecule has 6 heteroatoms. The Morgan fingerprint density at radius 1 is 0.451 bits per heavy atom. The highest BCUT2D eigenvalue weighted by atomic mass is 16.3. The van der Waals surface area contributed by atoms with E-state index in [1.54, 1.807) is 0 Å². The minimum Gasteiger partial charge on any atom is -0.456 e. The van der Waals surface area contributed by atoms with Gasteiger partial charge in [0.2, 0.25) is 5.95 Å². The molecule has 7 aromatic carbocycles. The second kappa shape index (κ2) is 11.8. The van der Waals surface area contributed by atoms with Crippen LogP contribution in [0.2, 0.25) is 0 Å². The molecule has 10 rings (SSSR count). The number of aromatic nitrogens is 4. The number of hydrogen-bond donors (Lipinski definition) is 0. The van der Waals surface area contributed by atoms with Gasteiger partial charge in [0, 0.05) is 38.7 Å². The number of benzene rings is 7. The van der Waals surface area contributed by atoms with Crippen molar-refractivity contribution in [1.29, 1.82) is 0 Å². The van der Waals surface area contributed by atoms with Crippen LogP contribution >= 0.6 is 0 Å². The predicted octanol–water partition coefficient (Wildman–Crippen LogP) is 11.7. The Morgan fingerprint density at radius 2 is 1.08 bits per heavy atom. The maximum Gasteiger partial charge on any atom is 0.238 e. The summed E-state index contributed by atoms with van der Waals surface area (Å²) in [5.41, 5.74) is 8.59. The third-order valence-electron chi connectivity index (χ3n) is 9.44. The zero-order valence-corrected chi connectivity index (χ0v) is 27.4. The first-order valence-corrected chi connectivity index (χ1v) is 17.0. The van der Waals surface area contributed by atoms with Crippen molar-refractivity contribution >= 4 is 61.1 Å². The van der Waals surface area contributed by atoms with Crippen molar-refractivity contribution in [3.8, 4) is 28.5 Å². The fraction of sp³-hybridized carbons (Fsp3) is 0. The molecular weight excluding hydrogens is 627 g/mol. The molecule has 6 nitrogen and oxygen atoms in total. The molecule has 0 aliphatic carbocycles. The summed E-state index contributed by atoms with van der Waals surface area (Å²) in [4.78, 5) is 17.9. The maximum absolute atomic E-state index is 6.35. The highest BCUT2D eigenvalue weighted by Crippen LogP contribution is 2.43. The molecule has 0 radical (unpaired) electrons. The Bertz CT molecular complexity index is 2860. The Morgan fingerprint density at radius 3 is 1.90 bits per heavy atom. The van der Waals surface area contributed by atoms with E-state index in [0.29, 0.717) is 17.6 Å². The molecule has 0 aliphatic rings. The molecule has 0 N–H and O–H groups in total. The SMILES string of the molecule is c1ccc(-c2nc(-c3cccc4c3c3ccccc3n4-c3ccccc3)nc(N(c3ccccc3)c3cccc4oc5ccccc5c34)n2)cc1. The molecule has 0 saturated heterocycles. The van der Waals surface area contributed by atoms with Gasteiger partial charge >= 0.3 is 0 Å². The largest absolute Gasteiger partial charge is 0.456 e. The standard InChI is InChI=1S/C45H29N5O/c1-4-16-30(17-5-1)43-46-44(35-24-14-26-37-41(35)33-22-10-12-25-36(33)49(37)31-18-6-2-7-19-31)48-45(47-43)50(32-20-8-3-9-21-32)38-27-15-29-40-42(38)34-23-11-13-28-39(34)51-40/h1-29H. The van der Waals surface area contributed by atoms with Crippen molar-refractivity contribution in [3.05, 3.63) is 176 Å². The summed E-state index contributed by atoms with van der Waals surface area (Å²) < 4.78 is 8.66. The van der Waals surface area contributed by atoms with E-state index >= 15 is 0 Å². The number of nitrogens with zero attached hydrogens (tertiary/aromatic N) is 5. The zero-order chi connectivity index (χ0) is 33.7. The normalized spacial score (nSPS) is 11.5. The Hall–Kier alpha value is -7.05. The van der Waals surface area contributed by atoms with E-state index in [2.05, 4.69) is 100 Å². The van der Waals surface area contributed by atoms with Gasteiger partial charge in [-0.15, -0.1) is 0 Å². The fourth-order valence-corrected chi connectivity index (χ4v) is 7.24. The summed E-state index contributed by atoms with van der Waals surface area (Å²) in [5, 5.41) is 4.24. The molecule has 0 fully saturated rings. The molecule has 0 saturated carbocycles.